The lowest BCUT2D eigenvalue weighted by molar-refractivity contribution is -0.0333. The molecule has 0 aromatic carbocycles. The summed E-state index contributed by atoms with van der Waals surface area (Å²) >= 11 is 0. The van der Waals surface area contributed by atoms with Gasteiger partial charge in [-0.3, -0.25) is 9.89 Å². The fraction of sp³-hybridized carbons (Fsp3) is 0.947. The zero-order chi connectivity index (χ0) is 16.7. The predicted molar refractivity (Wildman–Crippen MR) is 99.6 cm³/mol. The van der Waals surface area contributed by atoms with Crippen LogP contribution in [0.25, 0.3) is 0 Å². The summed E-state index contributed by atoms with van der Waals surface area (Å²) in [5.41, 5.74) is 0.264. The first-order chi connectivity index (χ1) is 11.8. The van der Waals surface area contributed by atoms with Gasteiger partial charge in [0.1, 0.15) is 0 Å². The first kappa shape index (κ1) is 18.0. The third kappa shape index (κ3) is 4.63. The first-order valence-electron chi connectivity index (χ1n) is 10.2. The fourth-order valence-corrected chi connectivity index (χ4v) is 4.63. The molecule has 0 spiro atoms. The molecule has 2 aliphatic carbocycles. The van der Waals surface area contributed by atoms with Crippen LogP contribution >= 0.6 is 0 Å². The van der Waals surface area contributed by atoms with E-state index in [1.807, 2.05) is 0 Å². The molecule has 0 atom stereocenters. The molecule has 1 saturated heterocycles. The maximum atomic E-state index is 5.59. The Kier molecular flexibility index (Phi) is 6.78. The van der Waals surface area contributed by atoms with Crippen LogP contribution in [0.1, 0.15) is 64.7 Å². The Bertz CT molecular complexity index is 394. The van der Waals surface area contributed by atoms with Crippen molar-refractivity contribution < 1.29 is 4.74 Å². The average molecular weight is 337 g/mol. The second-order valence-electron chi connectivity index (χ2n) is 7.71. The molecule has 3 fully saturated rings. The van der Waals surface area contributed by atoms with Gasteiger partial charge in [-0.1, -0.05) is 32.1 Å². The van der Waals surface area contributed by atoms with Crippen LogP contribution in [0.5, 0.6) is 0 Å². The molecule has 0 aromatic rings. The number of nitrogens with zero attached hydrogens (tertiary/aromatic N) is 2. The molecule has 24 heavy (non-hydrogen) atoms. The highest BCUT2D eigenvalue weighted by Crippen LogP contribution is 2.34. The SMILES string of the molecule is CCNC(=NCC1(N2CCOCC2)CCCCC1)NC1CCCC1. The first-order valence-corrected chi connectivity index (χ1v) is 10.2. The molecule has 3 aliphatic rings. The van der Waals surface area contributed by atoms with Gasteiger partial charge in [0.15, 0.2) is 5.96 Å². The third-order valence-corrected chi connectivity index (χ3v) is 6.04. The summed E-state index contributed by atoms with van der Waals surface area (Å²) in [6.45, 7) is 7.92. The second kappa shape index (κ2) is 9.04. The van der Waals surface area contributed by atoms with E-state index in [1.54, 1.807) is 0 Å². The summed E-state index contributed by atoms with van der Waals surface area (Å²) in [6, 6.07) is 0.619. The van der Waals surface area contributed by atoms with Crippen LogP contribution in [0.3, 0.4) is 0 Å². The number of hydrogen-bond acceptors (Lipinski definition) is 3. The lowest BCUT2D eigenvalue weighted by atomic mass is 9.80. The second-order valence-corrected chi connectivity index (χ2v) is 7.71. The van der Waals surface area contributed by atoms with E-state index in [-0.39, 0.29) is 5.54 Å². The molecule has 2 saturated carbocycles. The van der Waals surface area contributed by atoms with Gasteiger partial charge in [-0.2, -0.15) is 0 Å². The van der Waals surface area contributed by atoms with Gasteiger partial charge in [0, 0.05) is 31.2 Å². The predicted octanol–water partition coefficient (Wildman–Crippen LogP) is 2.52. The fourth-order valence-electron chi connectivity index (χ4n) is 4.63. The minimum absolute atomic E-state index is 0.264. The van der Waals surface area contributed by atoms with Gasteiger partial charge in [0.25, 0.3) is 0 Å². The number of morpholine rings is 1. The lowest BCUT2D eigenvalue weighted by Crippen LogP contribution is -2.56. The summed E-state index contributed by atoms with van der Waals surface area (Å²) in [4.78, 5) is 7.74. The summed E-state index contributed by atoms with van der Waals surface area (Å²) in [5, 5.41) is 7.14. The van der Waals surface area contributed by atoms with Crippen LogP contribution < -0.4 is 10.6 Å². The molecule has 2 N–H and O–H groups in total. The van der Waals surface area contributed by atoms with Crippen molar-refractivity contribution in [2.24, 2.45) is 4.99 Å². The van der Waals surface area contributed by atoms with Gasteiger partial charge < -0.3 is 15.4 Å². The summed E-state index contributed by atoms with van der Waals surface area (Å²) in [5.74, 6) is 1.03. The van der Waals surface area contributed by atoms with E-state index in [0.717, 1.165) is 45.4 Å². The maximum absolute atomic E-state index is 5.59. The van der Waals surface area contributed by atoms with Gasteiger partial charge in [-0.05, 0) is 32.6 Å². The van der Waals surface area contributed by atoms with Crippen LogP contribution in [0.15, 0.2) is 4.99 Å². The van der Waals surface area contributed by atoms with Crippen molar-refractivity contribution in [1.29, 1.82) is 0 Å². The molecular formula is C19H36N4O. The molecule has 3 rings (SSSR count). The maximum Gasteiger partial charge on any atom is 0.191 e. The van der Waals surface area contributed by atoms with Crippen molar-refractivity contribution in [2.45, 2.75) is 76.3 Å². The van der Waals surface area contributed by atoms with Crippen LogP contribution in [0.4, 0.5) is 0 Å². The smallest absolute Gasteiger partial charge is 0.191 e. The van der Waals surface area contributed by atoms with E-state index < -0.39 is 0 Å². The molecule has 0 unspecified atom stereocenters. The molecule has 5 heteroatoms. The highest BCUT2D eigenvalue weighted by Gasteiger charge is 2.38. The Morgan fingerprint density at radius 1 is 1.08 bits per heavy atom. The molecule has 5 nitrogen and oxygen atoms in total. The van der Waals surface area contributed by atoms with Crippen molar-refractivity contribution in [1.82, 2.24) is 15.5 Å². The van der Waals surface area contributed by atoms with Crippen molar-refractivity contribution >= 4 is 5.96 Å². The van der Waals surface area contributed by atoms with Gasteiger partial charge in [0.2, 0.25) is 0 Å². The molecule has 0 radical (unpaired) electrons. The highest BCUT2D eigenvalue weighted by atomic mass is 16.5. The molecule has 1 aliphatic heterocycles. The Hall–Kier alpha value is -0.810. The highest BCUT2D eigenvalue weighted by molar-refractivity contribution is 5.80. The van der Waals surface area contributed by atoms with Gasteiger partial charge >= 0.3 is 0 Å². The largest absolute Gasteiger partial charge is 0.379 e. The van der Waals surface area contributed by atoms with Crippen molar-refractivity contribution in [3.05, 3.63) is 0 Å². The number of ether oxygens (including phenoxy) is 1. The summed E-state index contributed by atoms with van der Waals surface area (Å²) in [7, 11) is 0. The normalized spacial score (nSPS) is 26.5. The minimum atomic E-state index is 0.264. The van der Waals surface area contributed by atoms with Crippen LogP contribution in [0.2, 0.25) is 0 Å². The van der Waals surface area contributed by atoms with E-state index in [2.05, 4.69) is 22.5 Å². The zero-order valence-electron chi connectivity index (χ0n) is 15.5. The van der Waals surface area contributed by atoms with Crippen LogP contribution in [-0.4, -0.2) is 61.8 Å². The minimum Gasteiger partial charge on any atom is -0.379 e. The average Bonchev–Trinajstić information content (AvgIpc) is 3.15. The van der Waals surface area contributed by atoms with Crippen molar-refractivity contribution in [3.63, 3.8) is 0 Å². The summed E-state index contributed by atoms with van der Waals surface area (Å²) < 4.78 is 5.59. The third-order valence-electron chi connectivity index (χ3n) is 6.04. The monoisotopic (exact) mass is 336 g/mol. The number of nitrogens with one attached hydrogen (secondary N) is 2. The Morgan fingerprint density at radius 2 is 1.79 bits per heavy atom. The van der Waals surface area contributed by atoms with Crippen molar-refractivity contribution in [2.75, 3.05) is 39.4 Å². The van der Waals surface area contributed by atoms with Crippen LogP contribution in [0, 0.1) is 0 Å². The van der Waals surface area contributed by atoms with E-state index >= 15 is 0 Å². The topological polar surface area (TPSA) is 48.9 Å². The quantitative estimate of drug-likeness (QED) is 0.598. The molecule has 0 amide bonds. The molecule has 138 valence electrons. The van der Waals surface area contributed by atoms with E-state index in [0.29, 0.717) is 6.04 Å². The molecule has 1 heterocycles. The molecular weight excluding hydrogens is 300 g/mol. The zero-order valence-corrected chi connectivity index (χ0v) is 15.5. The Labute approximate surface area is 147 Å². The molecule has 0 bridgehead atoms. The van der Waals surface area contributed by atoms with Gasteiger partial charge in [-0.25, -0.2) is 0 Å². The number of guanidine groups is 1. The Morgan fingerprint density at radius 3 is 2.46 bits per heavy atom. The van der Waals surface area contributed by atoms with E-state index in [4.69, 9.17) is 9.73 Å². The van der Waals surface area contributed by atoms with Gasteiger partial charge in [-0.15, -0.1) is 0 Å². The lowest BCUT2D eigenvalue weighted by Gasteiger charge is -2.47. The van der Waals surface area contributed by atoms with Crippen LogP contribution in [-0.2, 0) is 4.74 Å². The Balaban J connectivity index is 1.66. The standard InChI is InChI=1S/C19H36N4O/c1-2-20-18(22-17-8-4-5-9-17)21-16-19(10-6-3-7-11-19)23-12-14-24-15-13-23/h17H,2-16H2,1H3,(H2,20,21,22). The van der Waals surface area contributed by atoms with Crippen molar-refractivity contribution in [3.8, 4) is 0 Å². The van der Waals surface area contributed by atoms with E-state index in [1.165, 1.54) is 57.8 Å². The number of hydrogen-bond donors (Lipinski definition) is 2. The van der Waals surface area contributed by atoms with Gasteiger partial charge in [0.05, 0.1) is 19.8 Å². The number of aliphatic imine (C=N–C) groups is 1. The van der Waals surface area contributed by atoms with E-state index in [9.17, 15) is 0 Å². The summed E-state index contributed by atoms with van der Waals surface area (Å²) in [6.07, 6.45) is 12.0. The molecule has 0 aromatic heterocycles. The number of rotatable bonds is 5.